The quantitative estimate of drug-likeness (QED) is 0.815. The minimum Gasteiger partial charge on any atom is -0.311 e. The molecule has 1 aromatic carbocycles. The molecule has 0 aliphatic carbocycles. The van der Waals surface area contributed by atoms with Gasteiger partial charge in [-0.05, 0) is 50.6 Å². The van der Waals surface area contributed by atoms with Crippen molar-refractivity contribution < 1.29 is 13.6 Å². The van der Waals surface area contributed by atoms with E-state index < -0.39 is 6.55 Å². The van der Waals surface area contributed by atoms with Gasteiger partial charge in [-0.3, -0.25) is 4.79 Å². The average Bonchev–Trinajstić information content (AvgIpc) is 2.74. The molecule has 2 heterocycles. The third-order valence-electron chi connectivity index (χ3n) is 4.48. The Labute approximate surface area is 150 Å². The highest BCUT2D eigenvalue weighted by molar-refractivity contribution is 7.99. The fraction of sp³-hybridized carbons (Fsp3) is 0.444. The monoisotopic (exact) mass is 365 g/mol. The number of aryl methyl sites for hydroxylation is 2. The molecule has 0 N–H and O–H groups in total. The van der Waals surface area contributed by atoms with E-state index in [0.717, 1.165) is 28.3 Å². The third-order valence-corrected chi connectivity index (χ3v) is 5.61. The molecule has 0 bridgehead atoms. The number of carbonyl (C=O) groups is 1. The second kappa shape index (κ2) is 7.15. The van der Waals surface area contributed by atoms with E-state index in [1.807, 2.05) is 19.1 Å². The number of hydrogen-bond donors (Lipinski definition) is 0. The fourth-order valence-corrected chi connectivity index (χ4v) is 4.22. The van der Waals surface area contributed by atoms with E-state index in [0.29, 0.717) is 28.2 Å². The number of anilines is 1. The van der Waals surface area contributed by atoms with Crippen LogP contribution in [0.1, 0.15) is 35.5 Å². The number of rotatable bonds is 3. The predicted molar refractivity (Wildman–Crippen MR) is 95.5 cm³/mol. The first-order chi connectivity index (χ1) is 11.9. The number of nitrogens with zero attached hydrogens (tertiary/aromatic N) is 3. The summed E-state index contributed by atoms with van der Waals surface area (Å²) in [5.41, 5.74) is 3.50. The Morgan fingerprint density at radius 1 is 1.32 bits per heavy atom. The van der Waals surface area contributed by atoms with Gasteiger partial charge in [-0.2, -0.15) is 13.9 Å². The van der Waals surface area contributed by atoms with Gasteiger partial charge in [-0.1, -0.05) is 6.07 Å². The van der Waals surface area contributed by atoms with Crippen molar-refractivity contribution in [2.24, 2.45) is 0 Å². The lowest BCUT2D eigenvalue weighted by Gasteiger charge is -2.23. The Morgan fingerprint density at radius 2 is 2.08 bits per heavy atom. The van der Waals surface area contributed by atoms with E-state index in [4.69, 9.17) is 0 Å². The van der Waals surface area contributed by atoms with E-state index >= 15 is 0 Å². The second-order valence-corrected chi connectivity index (χ2v) is 7.40. The molecule has 0 radical (unpaired) electrons. The van der Waals surface area contributed by atoms with Crippen molar-refractivity contribution in [1.82, 2.24) is 9.78 Å². The minimum atomic E-state index is -2.69. The van der Waals surface area contributed by atoms with Crippen molar-refractivity contribution in [3.8, 4) is 0 Å². The number of benzene rings is 1. The lowest BCUT2D eigenvalue weighted by atomic mass is 10.1. The number of carbonyl (C=O) groups excluding carboxylic acids is 1. The number of fused-ring (bicyclic) bond motifs is 1. The lowest BCUT2D eigenvalue weighted by molar-refractivity contribution is -0.118. The van der Waals surface area contributed by atoms with Gasteiger partial charge in [0.1, 0.15) is 0 Å². The topological polar surface area (TPSA) is 38.1 Å². The van der Waals surface area contributed by atoms with Crippen LogP contribution in [0.4, 0.5) is 14.5 Å². The number of amides is 1. The lowest BCUT2D eigenvalue weighted by Crippen LogP contribution is -2.33. The zero-order chi connectivity index (χ0) is 18.1. The molecule has 1 amide bonds. The fourth-order valence-electron chi connectivity index (χ4n) is 3.13. The van der Waals surface area contributed by atoms with E-state index in [1.54, 1.807) is 30.5 Å². The van der Waals surface area contributed by atoms with E-state index in [2.05, 4.69) is 11.2 Å². The molecule has 2 aromatic rings. The Bertz CT molecular complexity index is 804. The Morgan fingerprint density at radius 3 is 2.76 bits per heavy atom. The first-order valence-corrected chi connectivity index (χ1v) is 9.23. The van der Waals surface area contributed by atoms with Gasteiger partial charge >= 0.3 is 6.55 Å². The zero-order valence-corrected chi connectivity index (χ0v) is 15.4. The van der Waals surface area contributed by atoms with Gasteiger partial charge in [0.2, 0.25) is 5.91 Å². The molecular weight excluding hydrogens is 344 g/mol. The van der Waals surface area contributed by atoms with Crippen molar-refractivity contribution in [1.29, 1.82) is 0 Å². The molecule has 1 aliphatic heterocycles. The van der Waals surface area contributed by atoms with Crippen molar-refractivity contribution >= 4 is 23.4 Å². The minimum absolute atomic E-state index is 0.0763. The van der Waals surface area contributed by atoms with Crippen LogP contribution in [0.3, 0.4) is 0 Å². The standard InChI is InChI=1S/C18H21F2N3OS/c1-11-5-6-15-16(9-11)25-8-4-7-22(15)17(24)10-14-12(2)21-23(13(14)3)18(19)20/h5-6,9,18H,4,7-8,10H2,1-3H3. The summed E-state index contributed by atoms with van der Waals surface area (Å²) in [5, 5.41) is 3.87. The highest BCUT2D eigenvalue weighted by atomic mass is 32.2. The highest BCUT2D eigenvalue weighted by Crippen LogP contribution is 2.35. The first kappa shape index (κ1) is 17.9. The number of thioether (sulfide) groups is 1. The summed E-state index contributed by atoms with van der Waals surface area (Å²) in [5.74, 6) is 0.884. The van der Waals surface area contributed by atoms with Crippen molar-refractivity contribution in [3.63, 3.8) is 0 Å². The number of aromatic nitrogens is 2. The summed E-state index contributed by atoms with van der Waals surface area (Å²) < 4.78 is 26.7. The predicted octanol–water partition coefficient (Wildman–Crippen LogP) is 4.27. The molecule has 3 rings (SSSR count). The maximum absolute atomic E-state index is 13.0. The van der Waals surface area contributed by atoms with E-state index in [1.165, 1.54) is 0 Å². The van der Waals surface area contributed by atoms with Gasteiger partial charge < -0.3 is 4.90 Å². The molecular formula is C18H21F2N3OS. The molecule has 0 spiro atoms. The smallest absolute Gasteiger partial charge is 0.311 e. The summed E-state index contributed by atoms with van der Waals surface area (Å²) in [7, 11) is 0. The molecule has 7 heteroatoms. The normalized spacial score (nSPS) is 14.6. The molecule has 0 unspecified atom stereocenters. The highest BCUT2D eigenvalue weighted by Gasteiger charge is 2.25. The maximum atomic E-state index is 13.0. The summed E-state index contributed by atoms with van der Waals surface area (Å²) in [6, 6.07) is 6.07. The van der Waals surface area contributed by atoms with Gasteiger partial charge in [0.05, 0.1) is 17.8 Å². The van der Waals surface area contributed by atoms with Gasteiger partial charge in [0.15, 0.2) is 0 Å². The molecule has 0 fully saturated rings. The molecule has 0 saturated carbocycles. The van der Waals surface area contributed by atoms with Crippen LogP contribution in [-0.4, -0.2) is 28.0 Å². The molecule has 0 atom stereocenters. The third kappa shape index (κ3) is 3.56. The Hall–Kier alpha value is -1.89. The summed E-state index contributed by atoms with van der Waals surface area (Å²) >= 11 is 1.76. The van der Waals surface area contributed by atoms with Crippen molar-refractivity contribution in [2.75, 3.05) is 17.2 Å². The van der Waals surface area contributed by atoms with Crippen LogP contribution in [0.2, 0.25) is 0 Å². The molecule has 134 valence electrons. The Kier molecular flexibility index (Phi) is 5.13. The van der Waals surface area contributed by atoms with Gasteiger partial charge in [0, 0.05) is 22.7 Å². The molecule has 25 heavy (non-hydrogen) atoms. The van der Waals surface area contributed by atoms with Crippen LogP contribution >= 0.6 is 11.8 Å². The zero-order valence-electron chi connectivity index (χ0n) is 14.6. The van der Waals surface area contributed by atoms with Gasteiger partial charge in [-0.15, -0.1) is 11.8 Å². The second-order valence-electron chi connectivity index (χ2n) is 6.27. The SMILES string of the molecule is Cc1ccc2c(c1)SCCCN2C(=O)Cc1c(C)nn(C(F)F)c1C. The molecule has 0 saturated heterocycles. The van der Waals surface area contributed by atoms with Crippen molar-refractivity contribution in [2.45, 2.75) is 45.1 Å². The van der Waals surface area contributed by atoms with E-state index in [-0.39, 0.29) is 12.3 Å². The van der Waals surface area contributed by atoms with Gasteiger partial charge in [-0.25, -0.2) is 4.68 Å². The number of alkyl halides is 2. The first-order valence-electron chi connectivity index (χ1n) is 8.25. The largest absolute Gasteiger partial charge is 0.333 e. The van der Waals surface area contributed by atoms with Crippen LogP contribution in [0.15, 0.2) is 23.1 Å². The molecule has 4 nitrogen and oxygen atoms in total. The van der Waals surface area contributed by atoms with Crippen LogP contribution in [0.5, 0.6) is 0 Å². The van der Waals surface area contributed by atoms with Crippen LogP contribution in [0.25, 0.3) is 0 Å². The summed E-state index contributed by atoms with van der Waals surface area (Å²) in [6.45, 7) is 3.24. The molecule has 1 aromatic heterocycles. The summed E-state index contributed by atoms with van der Waals surface area (Å²) in [4.78, 5) is 15.8. The number of hydrogen-bond acceptors (Lipinski definition) is 3. The van der Waals surface area contributed by atoms with Crippen LogP contribution < -0.4 is 4.90 Å². The van der Waals surface area contributed by atoms with Crippen LogP contribution in [-0.2, 0) is 11.2 Å². The Balaban J connectivity index is 1.90. The van der Waals surface area contributed by atoms with Gasteiger partial charge in [0.25, 0.3) is 0 Å². The molecule has 1 aliphatic rings. The number of halogens is 2. The van der Waals surface area contributed by atoms with Crippen LogP contribution in [0, 0.1) is 20.8 Å². The van der Waals surface area contributed by atoms with E-state index in [9.17, 15) is 13.6 Å². The van der Waals surface area contributed by atoms with Crippen molar-refractivity contribution in [3.05, 3.63) is 40.7 Å². The average molecular weight is 365 g/mol. The summed E-state index contributed by atoms with van der Waals surface area (Å²) in [6.07, 6.45) is 0.987. The maximum Gasteiger partial charge on any atom is 0.333 e.